The summed E-state index contributed by atoms with van der Waals surface area (Å²) in [4.78, 5) is 0. The normalized spacial score (nSPS) is 10.9. The minimum atomic E-state index is -0.000432. The van der Waals surface area contributed by atoms with E-state index < -0.39 is 0 Å². The fourth-order valence-electron chi connectivity index (χ4n) is 2.17. The average molecular weight is 304 g/mol. The zero-order valence-corrected chi connectivity index (χ0v) is 12.0. The number of hydrogen-bond donors (Lipinski definition) is 0. The van der Waals surface area contributed by atoms with Crippen molar-refractivity contribution in [2.45, 2.75) is 6.04 Å². The molecule has 0 aliphatic heterocycles. The van der Waals surface area contributed by atoms with Gasteiger partial charge in [0, 0.05) is 10.0 Å². The van der Waals surface area contributed by atoms with Gasteiger partial charge in [0.1, 0.15) is 12.7 Å². The van der Waals surface area contributed by atoms with Gasteiger partial charge in [-0.25, -0.2) is 0 Å². The topological polar surface area (TPSA) is 30.7 Å². The second-order valence-electron chi connectivity index (χ2n) is 4.41. The fourth-order valence-corrected chi connectivity index (χ4v) is 2.42. The van der Waals surface area contributed by atoms with Crippen LogP contribution in [0.4, 0.5) is 0 Å². The van der Waals surface area contributed by atoms with Crippen molar-refractivity contribution in [1.82, 2.24) is 14.8 Å². The molecule has 0 unspecified atom stereocenters. The van der Waals surface area contributed by atoms with Crippen LogP contribution < -0.4 is 0 Å². The summed E-state index contributed by atoms with van der Waals surface area (Å²) >= 11 is 11.9. The van der Waals surface area contributed by atoms with Gasteiger partial charge >= 0.3 is 0 Å². The van der Waals surface area contributed by atoms with Crippen molar-refractivity contribution >= 4 is 23.2 Å². The minimum Gasteiger partial charge on any atom is -0.308 e. The van der Waals surface area contributed by atoms with Gasteiger partial charge < -0.3 is 4.57 Å². The van der Waals surface area contributed by atoms with Crippen molar-refractivity contribution in [3.8, 4) is 0 Å². The van der Waals surface area contributed by atoms with Crippen molar-refractivity contribution in [1.29, 1.82) is 0 Å². The van der Waals surface area contributed by atoms with Crippen molar-refractivity contribution in [3.05, 3.63) is 82.4 Å². The van der Waals surface area contributed by atoms with E-state index in [4.69, 9.17) is 23.2 Å². The Kier molecular flexibility index (Phi) is 3.72. The van der Waals surface area contributed by atoms with E-state index in [9.17, 15) is 0 Å². The second kappa shape index (κ2) is 5.65. The predicted octanol–water partition coefficient (Wildman–Crippen LogP) is 4.22. The first kappa shape index (κ1) is 13.2. The third-order valence-corrected chi connectivity index (χ3v) is 3.61. The van der Waals surface area contributed by atoms with Crippen LogP contribution in [0, 0.1) is 0 Å². The fraction of sp³-hybridized carbons (Fsp3) is 0.0667. The van der Waals surface area contributed by atoms with Gasteiger partial charge in [-0.15, -0.1) is 10.2 Å². The summed E-state index contributed by atoms with van der Waals surface area (Å²) in [7, 11) is 0. The van der Waals surface area contributed by atoms with Crippen LogP contribution in [0.1, 0.15) is 17.2 Å². The summed E-state index contributed by atoms with van der Waals surface area (Å²) < 4.78 is 1.95. The van der Waals surface area contributed by atoms with E-state index in [1.807, 2.05) is 53.1 Å². The lowest BCUT2D eigenvalue weighted by Gasteiger charge is -2.19. The molecule has 5 heteroatoms. The highest BCUT2D eigenvalue weighted by Gasteiger charge is 2.16. The molecule has 3 nitrogen and oxygen atoms in total. The van der Waals surface area contributed by atoms with Crippen LogP contribution in [-0.4, -0.2) is 14.8 Å². The highest BCUT2D eigenvalue weighted by molar-refractivity contribution is 6.30. The molecule has 0 radical (unpaired) electrons. The van der Waals surface area contributed by atoms with Crippen LogP contribution >= 0.6 is 23.2 Å². The molecule has 0 N–H and O–H groups in total. The maximum Gasteiger partial charge on any atom is 0.120 e. The van der Waals surface area contributed by atoms with E-state index in [0.717, 1.165) is 11.1 Å². The first-order valence-corrected chi connectivity index (χ1v) is 6.84. The maximum atomic E-state index is 5.96. The Bertz CT molecular complexity index is 631. The molecule has 20 heavy (non-hydrogen) atoms. The number of rotatable bonds is 3. The molecule has 0 saturated carbocycles. The second-order valence-corrected chi connectivity index (χ2v) is 5.29. The summed E-state index contributed by atoms with van der Waals surface area (Å²) in [5, 5.41) is 9.21. The van der Waals surface area contributed by atoms with E-state index in [1.165, 1.54) is 0 Å². The largest absolute Gasteiger partial charge is 0.308 e. The Morgan fingerprint density at radius 1 is 0.700 bits per heavy atom. The van der Waals surface area contributed by atoms with Crippen LogP contribution in [0.15, 0.2) is 61.2 Å². The third-order valence-electron chi connectivity index (χ3n) is 3.11. The summed E-state index contributed by atoms with van der Waals surface area (Å²) in [6.45, 7) is 0. The lowest BCUT2D eigenvalue weighted by molar-refractivity contribution is 0.674. The Morgan fingerprint density at radius 2 is 1.10 bits per heavy atom. The van der Waals surface area contributed by atoms with Crippen LogP contribution in [-0.2, 0) is 0 Å². The first-order chi connectivity index (χ1) is 9.74. The van der Waals surface area contributed by atoms with Crippen molar-refractivity contribution in [2.75, 3.05) is 0 Å². The van der Waals surface area contributed by atoms with E-state index in [-0.39, 0.29) is 6.04 Å². The molecule has 0 aliphatic carbocycles. The highest BCUT2D eigenvalue weighted by Crippen LogP contribution is 2.28. The van der Waals surface area contributed by atoms with Gasteiger partial charge in [0.2, 0.25) is 0 Å². The molecular formula is C15H11Cl2N3. The van der Waals surface area contributed by atoms with Crippen LogP contribution in [0.3, 0.4) is 0 Å². The average Bonchev–Trinajstić information content (AvgIpc) is 2.97. The van der Waals surface area contributed by atoms with Crippen LogP contribution in [0.2, 0.25) is 10.0 Å². The van der Waals surface area contributed by atoms with Gasteiger partial charge in [-0.2, -0.15) is 0 Å². The molecule has 0 amide bonds. The molecule has 3 aromatic rings. The SMILES string of the molecule is Clc1ccc(C(c2ccc(Cl)cc2)n2cnnc2)cc1. The quantitative estimate of drug-likeness (QED) is 0.725. The predicted molar refractivity (Wildman–Crippen MR) is 80.2 cm³/mol. The summed E-state index contributed by atoms with van der Waals surface area (Å²) in [6.07, 6.45) is 3.40. The summed E-state index contributed by atoms with van der Waals surface area (Å²) in [6, 6.07) is 15.5. The van der Waals surface area contributed by atoms with Crippen molar-refractivity contribution < 1.29 is 0 Å². The molecule has 1 aromatic heterocycles. The van der Waals surface area contributed by atoms with E-state index in [0.29, 0.717) is 10.0 Å². The minimum absolute atomic E-state index is 0.000432. The molecule has 0 bridgehead atoms. The number of benzene rings is 2. The summed E-state index contributed by atoms with van der Waals surface area (Å²) in [5.41, 5.74) is 2.22. The van der Waals surface area contributed by atoms with Gasteiger partial charge in [-0.1, -0.05) is 47.5 Å². The van der Waals surface area contributed by atoms with Crippen molar-refractivity contribution in [3.63, 3.8) is 0 Å². The Hall–Kier alpha value is -1.84. The molecular weight excluding hydrogens is 293 g/mol. The van der Waals surface area contributed by atoms with Gasteiger partial charge in [0.25, 0.3) is 0 Å². The molecule has 3 rings (SSSR count). The first-order valence-electron chi connectivity index (χ1n) is 6.09. The molecule has 100 valence electrons. The smallest absolute Gasteiger partial charge is 0.120 e. The standard InChI is InChI=1S/C15H11Cl2N3/c16-13-5-1-11(2-6-13)15(20-9-18-19-10-20)12-3-7-14(17)8-4-12/h1-10,15H. The van der Waals surface area contributed by atoms with Crippen LogP contribution in [0.25, 0.3) is 0 Å². The van der Waals surface area contributed by atoms with E-state index >= 15 is 0 Å². The molecule has 0 spiro atoms. The molecule has 2 aromatic carbocycles. The van der Waals surface area contributed by atoms with Gasteiger partial charge in [0.05, 0.1) is 6.04 Å². The van der Waals surface area contributed by atoms with Crippen molar-refractivity contribution in [2.24, 2.45) is 0 Å². The number of halogens is 2. The zero-order chi connectivity index (χ0) is 13.9. The monoisotopic (exact) mass is 303 g/mol. The van der Waals surface area contributed by atoms with E-state index in [1.54, 1.807) is 12.7 Å². The highest BCUT2D eigenvalue weighted by atomic mass is 35.5. The maximum absolute atomic E-state index is 5.96. The Morgan fingerprint density at radius 3 is 1.50 bits per heavy atom. The number of hydrogen-bond acceptors (Lipinski definition) is 2. The van der Waals surface area contributed by atoms with Gasteiger partial charge in [-0.3, -0.25) is 0 Å². The molecule has 1 heterocycles. The van der Waals surface area contributed by atoms with Crippen LogP contribution in [0.5, 0.6) is 0 Å². The van der Waals surface area contributed by atoms with Gasteiger partial charge in [-0.05, 0) is 35.4 Å². The zero-order valence-electron chi connectivity index (χ0n) is 10.4. The number of aromatic nitrogens is 3. The lowest BCUT2D eigenvalue weighted by Crippen LogP contribution is -2.10. The van der Waals surface area contributed by atoms with E-state index in [2.05, 4.69) is 10.2 Å². The Balaban J connectivity index is 2.09. The molecule has 0 fully saturated rings. The summed E-state index contributed by atoms with van der Waals surface area (Å²) in [5.74, 6) is 0. The third kappa shape index (κ3) is 2.69. The molecule has 0 atom stereocenters. The number of nitrogens with zero attached hydrogens (tertiary/aromatic N) is 3. The van der Waals surface area contributed by atoms with Gasteiger partial charge in [0.15, 0.2) is 0 Å². The Labute approximate surface area is 126 Å². The lowest BCUT2D eigenvalue weighted by atomic mass is 9.99. The molecule has 0 saturated heterocycles. The molecule has 0 aliphatic rings.